The van der Waals surface area contributed by atoms with Crippen LogP contribution in [-0.4, -0.2) is 30.1 Å². The lowest BCUT2D eigenvalue weighted by molar-refractivity contribution is 0.253. The summed E-state index contributed by atoms with van der Waals surface area (Å²) in [5.74, 6) is 1.38. The van der Waals surface area contributed by atoms with Gasteiger partial charge in [0, 0.05) is 16.5 Å². The van der Waals surface area contributed by atoms with Crippen molar-refractivity contribution in [2.24, 2.45) is 0 Å². The molecule has 0 fully saturated rings. The van der Waals surface area contributed by atoms with Crippen molar-refractivity contribution in [2.75, 3.05) is 20.3 Å². The third-order valence-corrected chi connectivity index (χ3v) is 5.97. The number of rotatable bonds is 9. The van der Waals surface area contributed by atoms with Crippen LogP contribution in [0.15, 0.2) is 77.2 Å². The Morgan fingerprint density at radius 2 is 1.83 bits per heavy atom. The summed E-state index contributed by atoms with van der Waals surface area (Å²) < 4.78 is 39.3. The Labute approximate surface area is 212 Å². The monoisotopic (exact) mass is 506 g/mol. The summed E-state index contributed by atoms with van der Waals surface area (Å²) in [5.41, 5.74) is 2.44. The number of nitrogens with zero attached hydrogens (tertiary/aromatic N) is 2. The van der Waals surface area contributed by atoms with Crippen LogP contribution < -0.4 is 14.2 Å². The molecule has 0 saturated heterocycles. The number of para-hydroxylation sites is 1. The zero-order chi connectivity index (χ0) is 25.1. The first-order chi connectivity index (χ1) is 17.6. The molecule has 0 N–H and O–H groups in total. The Morgan fingerprint density at radius 3 is 2.61 bits per heavy atom. The summed E-state index contributed by atoms with van der Waals surface area (Å²) in [6.45, 7) is 2.57. The van der Waals surface area contributed by atoms with E-state index in [2.05, 4.69) is 5.10 Å². The van der Waals surface area contributed by atoms with Crippen LogP contribution in [-0.2, 0) is 6.54 Å². The van der Waals surface area contributed by atoms with E-state index in [1.807, 2.05) is 36.4 Å². The number of fused-ring (bicyclic) bond motifs is 1. The molecule has 3 aromatic carbocycles. The third-order valence-electron chi connectivity index (χ3n) is 5.68. The van der Waals surface area contributed by atoms with Crippen molar-refractivity contribution in [3.05, 3.63) is 83.6 Å². The zero-order valence-electron chi connectivity index (χ0n) is 19.8. The number of benzene rings is 3. The molecule has 0 aliphatic rings. The molecule has 184 valence electrons. The molecule has 8 heteroatoms. The number of hydrogen-bond acceptors (Lipinski definition) is 5. The van der Waals surface area contributed by atoms with Gasteiger partial charge in [-0.3, -0.25) is 0 Å². The van der Waals surface area contributed by atoms with Gasteiger partial charge in [-0.15, -0.1) is 0 Å². The zero-order valence-corrected chi connectivity index (χ0v) is 20.6. The number of furan rings is 1. The van der Waals surface area contributed by atoms with Gasteiger partial charge in [0.1, 0.15) is 35.1 Å². The summed E-state index contributed by atoms with van der Waals surface area (Å²) in [5, 5.41) is 5.91. The van der Waals surface area contributed by atoms with Gasteiger partial charge in [0.25, 0.3) is 0 Å². The first-order valence-electron chi connectivity index (χ1n) is 11.5. The van der Waals surface area contributed by atoms with Gasteiger partial charge in [-0.1, -0.05) is 41.9 Å². The van der Waals surface area contributed by atoms with E-state index in [4.69, 9.17) is 30.2 Å². The average molecular weight is 507 g/mol. The summed E-state index contributed by atoms with van der Waals surface area (Å²) in [6, 6.07) is 22.3. The Hall–Kier alpha value is -3.97. The highest BCUT2D eigenvalue weighted by molar-refractivity contribution is 6.32. The Morgan fingerprint density at radius 1 is 0.972 bits per heavy atom. The number of ether oxygens (including phenoxy) is 3. The standard InChI is InChI=1S/C28H24ClFN2O4/c1-3-34-28-26(30)27(20-8-6-9-21(15-20)33-2)31-32(28)13-14-35-24-12-11-19(16-22(24)29)25-17-18-7-4-5-10-23(18)36-25/h4-12,15-17H,3,13-14H2,1-2H3. The van der Waals surface area contributed by atoms with E-state index in [0.717, 1.165) is 22.3 Å². The van der Waals surface area contributed by atoms with Crippen molar-refractivity contribution in [1.82, 2.24) is 9.78 Å². The molecule has 5 aromatic rings. The van der Waals surface area contributed by atoms with E-state index in [1.54, 1.807) is 50.4 Å². The van der Waals surface area contributed by atoms with Crippen molar-refractivity contribution in [2.45, 2.75) is 13.5 Å². The second-order valence-electron chi connectivity index (χ2n) is 8.00. The Balaban J connectivity index is 1.32. The molecule has 0 unspecified atom stereocenters. The summed E-state index contributed by atoms with van der Waals surface area (Å²) in [7, 11) is 1.56. The summed E-state index contributed by atoms with van der Waals surface area (Å²) >= 11 is 6.49. The molecule has 36 heavy (non-hydrogen) atoms. The third kappa shape index (κ3) is 4.75. The van der Waals surface area contributed by atoms with E-state index < -0.39 is 5.82 Å². The number of aromatic nitrogens is 2. The van der Waals surface area contributed by atoms with Crippen LogP contribution in [0.5, 0.6) is 17.4 Å². The van der Waals surface area contributed by atoms with Crippen LogP contribution >= 0.6 is 11.6 Å². The fraction of sp³-hybridized carbons (Fsp3) is 0.179. The normalized spacial score (nSPS) is 11.1. The molecule has 5 rings (SSSR count). The molecular weight excluding hydrogens is 483 g/mol. The van der Waals surface area contributed by atoms with Crippen molar-refractivity contribution in [3.8, 4) is 40.0 Å². The van der Waals surface area contributed by atoms with Gasteiger partial charge in [-0.2, -0.15) is 9.49 Å². The molecule has 0 bridgehead atoms. The molecular formula is C28H24ClFN2O4. The molecule has 0 aliphatic carbocycles. The topological polar surface area (TPSA) is 58.7 Å². The van der Waals surface area contributed by atoms with Crippen molar-refractivity contribution in [1.29, 1.82) is 0 Å². The highest BCUT2D eigenvalue weighted by Crippen LogP contribution is 2.34. The number of methoxy groups -OCH3 is 1. The predicted molar refractivity (Wildman–Crippen MR) is 137 cm³/mol. The van der Waals surface area contributed by atoms with Gasteiger partial charge in [0.15, 0.2) is 0 Å². The van der Waals surface area contributed by atoms with Crippen molar-refractivity contribution in [3.63, 3.8) is 0 Å². The maximum Gasteiger partial charge on any atom is 0.249 e. The minimum Gasteiger partial charge on any atom is -0.497 e. The van der Waals surface area contributed by atoms with Gasteiger partial charge in [0.2, 0.25) is 11.7 Å². The van der Waals surface area contributed by atoms with Crippen LogP contribution in [0.25, 0.3) is 33.6 Å². The maximum absolute atomic E-state index is 15.2. The first kappa shape index (κ1) is 23.8. The fourth-order valence-corrected chi connectivity index (χ4v) is 4.18. The molecule has 2 aromatic heterocycles. The number of hydrogen-bond donors (Lipinski definition) is 0. The minimum atomic E-state index is -0.529. The average Bonchev–Trinajstić information content (AvgIpc) is 3.47. The quantitative estimate of drug-likeness (QED) is 0.211. The van der Waals surface area contributed by atoms with Gasteiger partial charge < -0.3 is 18.6 Å². The van der Waals surface area contributed by atoms with Gasteiger partial charge >= 0.3 is 0 Å². The van der Waals surface area contributed by atoms with Crippen LogP contribution in [0.3, 0.4) is 0 Å². The largest absolute Gasteiger partial charge is 0.497 e. The van der Waals surface area contributed by atoms with E-state index in [1.165, 1.54) is 4.68 Å². The molecule has 0 amide bonds. The van der Waals surface area contributed by atoms with E-state index in [0.29, 0.717) is 28.7 Å². The van der Waals surface area contributed by atoms with E-state index in [9.17, 15) is 0 Å². The van der Waals surface area contributed by atoms with E-state index >= 15 is 4.39 Å². The SMILES string of the molecule is CCOc1c(F)c(-c2cccc(OC)c2)nn1CCOc1ccc(-c2cc3ccccc3o2)cc1Cl. The van der Waals surface area contributed by atoms with Gasteiger partial charge in [-0.05, 0) is 49.4 Å². The highest BCUT2D eigenvalue weighted by Gasteiger charge is 2.21. The second-order valence-corrected chi connectivity index (χ2v) is 8.41. The molecule has 2 heterocycles. The predicted octanol–water partition coefficient (Wildman–Crippen LogP) is 7.24. The van der Waals surface area contributed by atoms with Crippen molar-refractivity contribution < 1.29 is 23.0 Å². The lowest BCUT2D eigenvalue weighted by Crippen LogP contribution is -2.12. The van der Waals surface area contributed by atoms with Crippen LogP contribution in [0.1, 0.15) is 6.92 Å². The number of halogens is 2. The van der Waals surface area contributed by atoms with Crippen LogP contribution in [0, 0.1) is 5.82 Å². The van der Waals surface area contributed by atoms with Crippen LogP contribution in [0.2, 0.25) is 5.02 Å². The summed E-state index contributed by atoms with van der Waals surface area (Å²) in [4.78, 5) is 0. The van der Waals surface area contributed by atoms with E-state index in [-0.39, 0.29) is 24.7 Å². The smallest absolute Gasteiger partial charge is 0.249 e. The lowest BCUT2D eigenvalue weighted by Gasteiger charge is -2.11. The Bertz CT molecular complexity index is 1480. The van der Waals surface area contributed by atoms with Crippen LogP contribution in [0.4, 0.5) is 4.39 Å². The molecule has 0 atom stereocenters. The lowest BCUT2D eigenvalue weighted by atomic mass is 10.1. The van der Waals surface area contributed by atoms with Gasteiger partial charge in [-0.25, -0.2) is 4.68 Å². The minimum absolute atomic E-state index is 0.0604. The Kier molecular flexibility index (Phi) is 6.82. The molecule has 0 spiro atoms. The molecule has 6 nitrogen and oxygen atoms in total. The molecule has 0 aliphatic heterocycles. The van der Waals surface area contributed by atoms with Gasteiger partial charge in [0.05, 0.1) is 25.3 Å². The first-order valence-corrected chi connectivity index (χ1v) is 11.9. The van der Waals surface area contributed by atoms with Crippen molar-refractivity contribution >= 4 is 22.6 Å². The summed E-state index contributed by atoms with van der Waals surface area (Å²) in [6.07, 6.45) is 0. The second kappa shape index (κ2) is 10.3. The fourth-order valence-electron chi connectivity index (χ4n) is 3.94. The highest BCUT2D eigenvalue weighted by atomic mass is 35.5. The molecule has 0 saturated carbocycles. The maximum atomic E-state index is 15.2. The molecule has 0 radical (unpaired) electrons.